The van der Waals surface area contributed by atoms with Crippen molar-refractivity contribution >= 4 is 5.97 Å². The van der Waals surface area contributed by atoms with Crippen LogP contribution in [0.3, 0.4) is 0 Å². The summed E-state index contributed by atoms with van der Waals surface area (Å²) in [4.78, 5) is 11.9. The van der Waals surface area contributed by atoms with Crippen molar-refractivity contribution in [3.63, 3.8) is 0 Å². The van der Waals surface area contributed by atoms with E-state index in [0.717, 1.165) is 18.4 Å². The zero-order chi connectivity index (χ0) is 20.5. The Morgan fingerprint density at radius 1 is 0.929 bits per heavy atom. The van der Waals surface area contributed by atoms with E-state index in [1.54, 1.807) is 32.4 Å². The van der Waals surface area contributed by atoms with Crippen LogP contribution in [-0.4, -0.2) is 39.0 Å². The molecule has 0 radical (unpaired) electrons. The molecule has 2 rings (SSSR count). The number of carbonyl (C=O) groups is 1. The summed E-state index contributed by atoms with van der Waals surface area (Å²) in [6.07, 6.45) is 2.29. The Morgan fingerprint density at radius 3 is 2.18 bits per heavy atom. The van der Waals surface area contributed by atoms with Gasteiger partial charge in [-0.2, -0.15) is 0 Å². The summed E-state index contributed by atoms with van der Waals surface area (Å²) < 4.78 is 21.7. The van der Waals surface area contributed by atoms with Crippen molar-refractivity contribution in [2.75, 3.05) is 27.9 Å². The summed E-state index contributed by atoms with van der Waals surface area (Å²) in [7, 11) is 4.66. The van der Waals surface area contributed by atoms with E-state index in [1.807, 2.05) is 18.2 Å². The highest BCUT2D eigenvalue weighted by Gasteiger charge is 2.23. The molecule has 152 valence electrons. The topological polar surface area (TPSA) is 74.2 Å². The van der Waals surface area contributed by atoms with Gasteiger partial charge in [-0.1, -0.05) is 25.5 Å². The zero-order valence-electron chi connectivity index (χ0n) is 16.9. The van der Waals surface area contributed by atoms with Crippen LogP contribution in [0.25, 0.3) is 0 Å². The molecule has 6 heteroatoms. The summed E-state index contributed by atoms with van der Waals surface area (Å²) in [6.45, 7) is 2.69. The van der Waals surface area contributed by atoms with Crippen molar-refractivity contribution < 1.29 is 28.8 Å². The highest BCUT2D eigenvalue weighted by molar-refractivity contribution is 5.77. The fourth-order valence-corrected chi connectivity index (χ4v) is 2.94. The summed E-state index contributed by atoms with van der Waals surface area (Å²) in [5.41, 5.74) is 1.50. The number of aliphatic carboxylic acids is 1. The number of ether oxygens (including phenoxy) is 4. The van der Waals surface area contributed by atoms with Gasteiger partial charge in [0.2, 0.25) is 0 Å². The Labute approximate surface area is 166 Å². The third-order valence-corrected chi connectivity index (χ3v) is 4.53. The molecule has 0 amide bonds. The van der Waals surface area contributed by atoms with Crippen molar-refractivity contribution in [1.29, 1.82) is 0 Å². The van der Waals surface area contributed by atoms with E-state index in [0.29, 0.717) is 41.6 Å². The fraction of sp³-hybridized carbons (Fsp3) is 0.409. The van der Waals surface area contributed by atoms with Gasteiger partial charge in [0.1, 0.15) is 0 Å². The van der Waals surface area contributed by atoms with Gasteiger partial charge in [0.05, 0.1) is 33.9 Å². The van der Waals surface area contributed by atoms with Crippen molar-refractivity contribution in [2.45, 2.75) is 32.1 Å². The van der Waals surface area contributed by atoms with Crippen molar-refractivity contribution in [3.8, 4) is 23.0 Å². The zero-order valence-corrected chi connectivity index (χ0v) is 16.9. The molecular formula is C22H28O6. The van der Waals surface area contributed by atoms with Crippen molar-refractivity contribution in [1.82, 2.24) is 0 Å². The standard InChI is InChI=1S/C22H28O6/c1-5-6-11-28-21-13-15(7-9-19(21)26-3)12-17(22(23)24)16-8-10-18(25-2)20(14-16)27-4/h7-10,13-14,17H,5-6,11-12H2,1-4H3,(H,23,24). The van der Waals surface area contributed by atoms with E-state index in [9.17, 15) is 9.90 Å². The largest absolute Gasteiger partial charge is 0.493 e. The van der Waals surface area contributed by atoms with Crippen LogP contribution in [0.2, 0.25) is 0 Å². The maximum absolute atomic E-state index is 11.9. The molecule has 0 saturated heterocycles. The molecule has 1 atom stereocenters. The number of hydrogen-bond donors (Lipinski definition) is 1. The summed E-state index contributed by atoms with van der Waals surface area (Å²) in [5.74, 6) is 0.701. The number of carboxylic acids is 1. The molecule has 1 unspecified atom stereocenters. The van der Waals surface area contributed by atoms with Gasteiger partial charge in [-0.15, -0.1) is 0 Å². The lowest BCUT2D eigenvalue weighted by Gasteiger charge is -2.17. The van der Waals surface area contributed by atoms with E-state index in [4.69, 9.17) is 18.9 Å². The van der Waals surface area contributed by atoms with Crippen molar-refractivity contribution in [3.05, 3.63) is 47.5 Å². The molecule has 28 heavy (non-hydrogen) atoms. The van der Waals surface area contributed by atoms with Gasteiger partial charge in [-0.05, 0) is 48.2 Å². The second kappa shape index (κ2) is 10.4. The first-order valence-corrected chi connectivity index (χ1v) is 9.28. The number of methoxy groups -OCH3 is 3. The van der Waals surface area contributed by atoms with Gasteiger partial charge < -0.3 is 24.1 Å². The molecule has 0 aliphatic rings. The first kappa shape index (κ1) is 21.4. The SMILES string of the molecule is CCCCOc1cc(CC(C(=O)O)c2ccc(OC)c(OC)c2)ccc1OC. The number of carboxylic acid groups (broad SMARTS) is 1. The monoisotopic (exact) mass is 388 g/mol. The maximum Gasteiger partial charge on any atom is 0.311 e. The fourth-order valence-electron chi connectivity index (χ4n) is 2.94. The van der Waals surface area contributed by atoms with Gasteiger partial charge in [0.15, 0.2) is 23.0 Å². The van der Waals surface area contributed by atoms with Gasteiger partial charge in [-0.3, -0.25) is 4.79 Å². The van der Waals surface area contributed by atoms with Crippen LogP contribution in [0.5, 0.6) is 23.0 Å². The third kappa shape index (κ3) is 5.31. The highest BCUT2D eigenvalue weighted by Crippen LogP contribution is 2.34. The molecule has 0 saturated carbocycles. The Balaban J connectivity index is 2.29. The highest BCUT2D eigenvalue weighted by atomic mass is 16.5. The first-order valence-electron chi connectivity index (χ1n) is 9.28. The molecule has 0 aromatic heterocycles. The van der Waals surface area contributed by atoms with Crippen LogP contribution >= 0.6 is 0 Å². The van der Waals surface area contributed by atoms with E-state index in [-0.39, 0.29) is 0 Å². The minimum absolute atomic E-state index is 0.318. The molecule has 0 heterocycles. The van der Waals surface area contributed by atoms with E-state index in [1.165, 1.54) is 7.11 Å². The van der Waals surface area contributed by atoms with Crippen LogP contribution < -0.4 is 18.9 Å². The molecule has 0 bridgehead atoms. The summed E-state index contributed by atoms with van der Waals surface area (Å²) in [5, 5.41) is 9.79. The second-order valence-electron chi connectivity index (χ2n) is 6.40. The van der Waals surface area contributed by atoms with E-state index >= 15 is 0 Å². The molecule has 1 N–H and O–H groups in total. The third-order valence-electron chi connectivity index (χ3n) is 4.53. The Bertz CT molecular complexity index is 787. The van der Waals surface area contributed by atoms with E-state index in [2.05, 4.69) is 6.92 Å². The molecule has 2 aromatic carbocycles. The van der Waals surface area contributed by atoms with Crippen LogP contribution in [0.1, 0.15) is 36.8 Å². The Kier molecular flexibility index (Phi) is 7.99. The molecular weight excluding hydrogens is 360 g/mol. The normalized spacial score (nSPS) is 11.6. The number of unbranched alkanes of at least 4 members (excludes halogenated alkanes) is 1. The van der Waals surface area contributed by atoms with Crippen molar-refractivity contribution in [2.24, 2.45) is 0 Å². The predicted molar refractivity (Wildman–Crippen MR) is 107 cm³/mol. The molecule has 2 aromatic rings. The second-order valence-corrected chi connectivity index (χ2v) is 6.40. The molecule has 0 aliphatic carbocycles. The summed E-state index contributed by atoms with van der Waals surface area (Å²) >= 11 is 0. The van der Waals surface area contributed by atoms with Crippen LogP contribution in [0.15, 0.2) is 36.4 Å². The van der Waals surface area contributed by atoms with Gasteiger partial charge in [0.25, 0.3) is 0 Å². The average molecular weight is 388 g/mol. The van der Waals surface area contributed by atoms with Crippen LogP contribution in [0.4, 0.5) is 0 Å². The summed E-state index contributed by atoms with van der Waals surface area (Å²) in [6, 6.07) is 10.7. The number of benzene rings is 2. The van der Waals surface area contributed by atoms with Gasteiger partial charge in [0, 0.05) is 0 Å². The Morgan fingerprint density at radius 2 is 1.57 bits per heavy atom. The predicted octanol–water partition coefficient (Wildman–Crippen LogP) is 4.30. The minimum atomic E-state index is -0.906. The van der Waals surface area contributed by atoms with Crippen LogP contribution in [0, 0.1) is 0 Å². The Hall–Kier alpha value is -2.89. The van der Waals surface area contributed by atoms with Crippen LogP contribution in [-0.2, 0) is 11.2 Å². The first-order chi connectivity index (χ1) is 13.5. The lowest BCUT2D eigenvalue weighted by Crippen LogP contribution is -2.15. The lowest BCUT2D eigenvalue weighted by atomic mass is 9.91. The smallest absolute Gasteiger partial charge is 0.311 e. The molecule has 0 fully saturated rings. The number of rotatable bonds is 11. The molecule has 0 spiro atoms. The molecule has 6 nitrogen and oxygen atoms in total. The minimum Gasteiger partial charge on any atom is -0.493 e. The maximum atomic E-state index is 11.9. The average Bonchev–Trinajstić information content (AvgIpc) is 2.71. The van der Waals surface area contributed by atoms with E-state index < -0.39 is 11.9 Å². The number of hydrogen-bond acceptors (Lipinski definition) is 5. The van der Waals surface area contributed by atoms with Gasteiger partial charge >= 0.3 is 5.97 Å². The molecule has 0 aliphatic heterocycles. The van der Waals surface area contributed by atoms with Gasteiger partial charge in [-0.25, -0.2) is 0 Å². The quantitative estimate of drug-likeness (QED) is 0.579. The lowest BCUT2D eigenvalue weighted by molar-refractivity contribution is -0.138.